The van der Waals surface area contributed by atoms with Gasteiger partial charge in [-0.2, -0.15) is 0 Å². The van der Waals surface area contributed by atoms with Crippen LogP contribution in [0, 0.1) is 0 Å². The quantitative estimate of drug-likeness (QED) is 0.881. The maximum Gasteiger partial charge on any atom is 0.169 e. The van der Waals surface area contributed by atoms with Gasteiger partial charge in [0.15, 0.2) is 5.82 Å². The van der Waals surface area contributed by atoms with Gasteiger partial charge >= 0.3 is 0 Å². The molecule has 0 atom stereocenters. The van der Waals surface area contributed by atoms with E-state index in [0.29, 0.717) is 11.7 Å². The van der Waals surface area contributed by atoms with Crippen molar-refractivity contribution in [3.05, 3.63) is 35.5 Å². The number of anilines is 1. The van der Waals surface area contributed by atoms with E-state index in [1.54, 1.807) is 0 Å². The van der Waals surface area contributed by atoms with Crippen molar-refractivity contribution in [3.8, 4) is 5.69 Å². The van der Waals surface area contributed by atoms with Crippen LogP contribution in [0.2, 0.25) is 0 Å². The highest BCUT2D eigenvalue weighted by Crippen LogP contribution is 2.22. The lowest BCUT2D eigenvalue weighted by molar-refractivity contribution is 0.716. The maximum atomic E-state index is 5.84. The molecule has 0 saturated carbocycles. The van der Waals surface area contributed by atoms with E-state index in [1.165, 1.54) is 5.56 Å². The van der Waals surface area contributed by atoms with Crippen LogP contribution in [0.5, 0.6) is 0 Å². The van der Waals surface area contributed by atoms with Crippen LogP contribution in [0.3, 0.4) is 0 Å². The summed E-state index contributed by atoms with van der Waals surface area (Å²) in [6.07, 6.45) is 1.04. The van der Waals surface area contributed by atoms with Gasteiger partial charge in [-0.15, -0.1) is 5.10 Å². The van der Waals surface area contributed by atoms with Gasteiger partial charge in [0, 0.05) is 0 Å². The minimum atomic E-state index is 0.302. The van der Waals surface area contributed by atoms with Gasteiger partial charge in [0.05, 0.1) is 11.4 Å². The summed E-state index contributed by atoms with van der Waals surface area (Å²) in [6, 6.07) is 8.33. The van der Waals surface area contributed by atoms with Crippen LogP contribution in [-0.2, 0) is 6.42 Å². The summed E-state index contributed by atoms with van der Waals surface area (Å²) >= 11 is 0. The van der Waals surface area contributed by atoms with E-state index in [4.69, 9.17) is 5.73 Å². The number of benzene rings is 1. The molecule has 2 aromatic rings. The van der Waals surface area contributed by atoms with Crippen molar-refractivity contribution >= 4 is 5.82 Å². The monoisotopic (exact) mass is 230 g/mol. The zero-order valence-electron chi connectivity index (χ0n) is 10.5. The second kappa shape index (κ2) is 4.57. The topological polar surface area (TPSA) is 56.7 Å². The Kier molecular flexibility index (Phi) is 3.13. The fourth-order valence-corrected chi connectivity index (χ4v) is 1.90. The molecule has 0 spiro atoms. The predicted molar refractivity (Wildman–Crippen MR) is 69.2 cm³/mol. The molecule has 0 fully saturated rings. The Morgan fingerprint density at radius 3 is 2.41 bits per heavy atom. The fraction of sp³-hybridized carbons (Fsp3) is 0.385. The second-order valence-corrected chi connectivity index (χ2v) is 4.45. The first kappa shape index (κ1) is 11.6. The van der Waals surface area contributed by atoms with Crippen molar-refractivity contribution < 1.29 is 0 Å². The molecule has 90 valence electrons. The Hall–Kier alpha value is -1.84. The van der Waals surface area contributed by atoms with Crippen LogP contribution in [0.15, 0.2) is 24.3 Å². The minimum Gasteiger partial charge on any atom is -0.381 e. The molecule has 4 nitrogen and oxygen atoms in total. The standard InChI is InChI=1S/C13H18N4/c1-4-10-5-7-11(8-6-10)17-12(9(2)3)13(14)15-16-17/h5-9H,4,14H2,1-3H3. The lowest BCUT2D eigenvalue weighted by Gasteiger charge is -2.09. The highest BCUT2D eigenvalue weighted by molar-refractivity contribution is 5.43. The van der Waals surface area contributed by atoms with Gasteiger partial charge in [-0.05, 0) is 30.0 Å². The van der Waals surface area contributed by atoms with Gasteiger partial charge in [0.1, 0.15) is 0 Å². The lowest BCUT2D eigenvalue weighted by Crippen LogP contribution is -2.05. The number of rotatable bonds is 3. The molecule has 1 heterocycles. The molecule has 4 heteroatoms. The van der Waals surface area contributed by atoms with Crippen molar-refractivity contribution in [2.24, 2.45) is 0 Å². The highest BCUT2D eigenvalue weighted by atomic mass is 15.4. The van der Waals surface area contributed by atoms with E-state index in [2.05, 4.69) is 55.3 Å². The van der Waals surface area contributed by atoms with Crippen molar-refractivity contribution in [1.82, 2.24) is 15.0 Å². The van der Waals surface area contributed by atoms with E-state index in [9.17, 15) is 0 Å². The van der Waals surface area contributed by atoms with Crippen LogP contribution in [0.1, 0.15) is 37.9 Å². The van der Waals surface area contributed by atoms with E-state index in [0.717, 1.165) is 17.8 Å². The normalized spacial score (nSPS) is 11.1. The Morgan fingerprint density at radius 1 is 1.24 bits per heavy atom. The Morgan fingerprint density at radius 2 is 1.88 bits per heavy atom. The Balaban J connectivity index is 2.45. The molecule has 1 aromatic carbocycles. The van der Waals surface area contributed by atoms with Crippen molar-refractivity contribution in [1.29, 1.82) is 0 Å². The fourth-order valence-electron chi connectivity index (χ4n) is 1.90. The smallest absolute Gasteiger partial charge is 0.169 e. The molecular formula is C13H18N4. The molecule has 2 rings (SSSR count). The van der Waals surface area contributed by atoms with E-state index in [1.807, 2.05) is 4.68 Å². The van der Waals surface area contributed by atoms with E-state index < -0.39 is 0 Å². The molecule has 0 bridgehead atoms. The summed E-state index contributed by atoms with van der Waals surface area (Å²) < 4.78 is 1.82. The third-order valence-corrected chi connectivity index (χ3v) is 2.87. The summed E-state index contributed by atoms with van der Waals surface area (Å²) in [4.78, 5) is 0. The number of nitrogen functional groups attached to an aromatic ring is 1. The molecule has 0 unspecified atom stereocenters. The number of hydrogen-bond donors (Lipinski definition) is 1. The molecule has 0 saturated heterocycles. The predicted octanol–water partition coefficient (Wildman–Crippen LogP) is 2.54. The second-order valence-electron chi connectivity index (χ2n) is 4.45. The zero-order valence-corrected chi connectivity index (χ0v) is 10.5. The lowest BCUT2D eigenvalue weighted by atomic mass is 10.1. The summed E-state index contributed by atoms with van der Waals surface area (Å²) in [5.74, 6) is 0.815. The number of aromatic nitrogens is 3. The van der Waals surface area contributed by atoms with Gasteiger partial charge in [-0.25, -0.2) is 4.68 Å². The van der Waals surface area contributed by atoms with Gasteiger partial charge in [-0.3, -0.25) is 0 Å². The number of aryl methyl sites for hydroxylation is 1. The van der Waals surface area contributed by atoms with E-state index in [-0.39, 0.29) is 0 Å². The third-order valence-electron chi connectivity index (χ3n) is 2.87. The average molecular weight is 230 g/mol. The van der Waals surface area contributed by atoms with Crippen molar-refractivity contribution in [2.75, 3.05) is 5.73 Å². The highest BCUT2D eigenvalue weighted by Gasteiger charge is 2.14. The number of nitrogens with zero attached hydrogens (tertiary/aromatic N) is 3. The van der Waals surface area contributed by atoms with Crippen molar-refractivity contribution in [3.63, 3.8) is 0 Å². The van der Waals surface area contributed by atoms with Crippen LogP contribution >= 0.6 is 0 Å². The van der Waals surface area contributed by atoms with Crippen LogP contribution in [0.4, 0.5) is 5.82 Å². The summed E-state index contributed by atoms with van der Waals surface area (Å²) in [6.45, 7) is 6.32. The molecule has 0 aliphatic carbocycles. The van der Waals surface area contributed by atoms with Crippen molar-refractivity contribution in [2.45, 2.75) is 33.1 Å². The summed E-state index contributed by atoms with van der Waals surface area (Å²) in [5, 5.41) is 8.05. The third kappa shape index (κ3) is 2.16. The molecular weight excluding hydrogens is 212 g/mol. The van der Waals surface area contributed by atoms with Gasteiger partial charge < -0.3 is 5.73 Å². The summed E-state index contributed by atoms with van der Waals surface area (Å²) in [5.41, 5.74) is 9.13. The molecule has 0 aliphatic heterocycles. The Labute approximate surface area is 101 Å². The zero-order chi connectivity index (χ0) is 12.4. The van der Waals surface area contributed by atoms with Gasteiger partial charge in [0.25, 0.3) is 0 Å². The molecule has 17 heavy (non-hydrogen) atoms. The molecule has 0 aliphatic rings. The first-order chi connectivity index (χ1) is 8.13. The van der Waals surface area contributed by atoms with Crippen LogP contribution in [0.25, 0.3) is 5.69 Å². The molecule has 2 N–H and O–H groups in total. The Bertz CT molecular complexity index is 497. The van der Waals surface area contributed by atoms with Crippen LogP contribution in [-0.4, -0.2) is 15.0 Å². The number of hydrogen-bond acceptors (Lipinski definition) is 3. The first-order valence-corrected chi connectivity index (χ1v) is 5.93. The molecule has 0 amide bonds. The average Bonchev–Trinajstić information content (AvgIpc) is 2.71. The number of nitrogens with two attached hydrogens (primary N) is 1. The largest absolute Gasteiger partial charge is 0.381 e. The van der Waals surface area contributed by atoms with Crippen LogP contribution < -0.4 is 5.73 Å². The first-order valence-electron chi connectivity index (χ1n) is 5.93. The SMILES string of the molecule is CCc1ccc(-n2nnc(N)c2C(C)C)cc1. The molecule has 0 radical (unpaired) electrons. The minimum absolute atomic E-state index is 0.302. The molecule has 1 aromatic heterocycles. The van der Waals surface area contributed by atoms with Gasteiger partial charge in [-0.1, -0.05) is 38.1 Å². The summed E-state index contributed by atoms with van der Waals surface area (Å²) in [7, 11) is 0. The van der Waals surface area contributed by atoms with E-state index >= 15 is 0 Å². The van der Waals surface area contributed by atoms with Gasteiger partial charge in [0.2, 0.25) is 0 Å². The maximum absolute atomic E-state index is 5.84.